The third kappa shape index (κ3) is 5.91. The Labute approximate surface area is 131 Å². The molecule has 2 N–H and O–H groups in total. The number of amides is 1. The number of methoxy groups -OCH3 is 1. The molecule has 1 atom stereocenters. The second-order valence-corrected chi connectivity index (χ2v) is 4.90. The number of ether oxygens (including phenoxy) is 2. The van der Waals surface area contributed by atoms with E-state index in [4.69, 9.17) is 9.47 Å². The van der Waals surface area contributed by atoms with Crippen LogP contribution < -0.4 is 15.4 Å². The Hall–Kier alpha value is -1.30. The van der Waals surface area contributed by atoms with E-state index in [9.17, 15) is 4.79 Å². The monoisotopic (exact) mass is 314 g/mol. The summed E-state index contributed by atoms with van der Waals surface area (Å²) in [7, 11) is 1.67. The number of rotatable bonds is 7. The highest BCUT2D eigenvalue weighted by atomic mass is 35.5. The zero-order valence-electron chi connectivity index (χ0n) is 12.3. The fourth-order valence-corrected chi connectivity index (χ4v) is 2.18. The van der Waals surface area contributed by atoms with Crippen LogP contribution in [0.5, 0.6) is 5.75 Å². The fourth-order valence-electron chi connectivity index (χ4n) is 2.18. The van der Waals surface area contributed by atoms with E-state index in [1.54, 1.807) is 7.11 Å². The van der Waals surface area contributed by atoms with Gasteiger partial charge >= 0.3 is 0 Å². The van der Waals surface area contributed by atoms with Gasteiger partial charge in [0.25, 0.3) is 0 Å². The topological polar surface area (TPSA) is 59.6 Å². The average Bonchev–Trinajstić information content (AvgIpc) is 2.98. The highest BCUT2D eigenvalue weighted by molar-refractivity contribution is 5.93. The van der Waals surface area contributed by atoms with Crippen molar-refractivity contribution in [3.8, 4) is 5.75 Å². The highest BCUT2D eigenvalue weighted by Gasteiger charge is 2.22. The van der Waals surface area contributed by atoms with Crippen LogP contribution in [-0.2, 0) is 9.53 Å². The summed E-state index contributed by atoms with van der Waals surface area (Å²) in [5.41, 5.74) is 0.783. The van der Waals surface area contributed by atoms with Gasteiger partial charge in [-0.2, -0.15) is 0 Å². The summed E-state index contributed by atoms with van der Waals surface area (Å²) in [6.45, 7) is 2.97. The fraction of sp³-hybridized carbons (Fsp3) is 0.533. The zero-order chi connectivity index (χ0) is 14.2. The SMILES string of the molecule is COCCCOc1cccc(NC(=O)C2CCNC2)c1.Cl. The normalized spacial score (nSPS) is 17.1. The molecule has 0 aromatic heterocycles. The van der Waals surface area contributed by atoms with E-state index in [0.717, 1.165) is 37.4 Å². The van der Waals surface area contributed by atoms with E-state index in [0.29, 0.717) is 13.2 Å². The van der Waals surface area contributed by atoms with Gasteiger partial charge in [0.2, 0.25) is 5.91 Å². The lowest BCUT2D eigenvalue weighted by Gasteiger charge is -2.11. The van der Waals surface area contributed by atoms with Crippen molar-refractivity contribution < 1.29 is 14.3 Å². The van der Waals surface area contributed by atoms with E-state index in [1.807, 2.05) is 24.3 Å². The third-order valence-corrected chi connectivity index (χ3v) is 3.29. The van der Waals surface area contributed by atoms with Gasteiger partial charge < -0.3 is 20.1 Å². The van der Waals surface area contributed by atoms with Crippen molar-refractivity contribution in [2.45, 2.75) is 12.8 Å². The lowest BCUT2D eigenvalue weighted by Crippen LogP contribution is -2.24. The first-order valence-electron chi connectivity index (χ1n) is 7.03. The predicted molar refractivity (Wildman–Crippen MR) is 85.3 cm³/mol. The molecule has 1 aromatic carbocycles. The molecule has 1 aliphatic heterocycles. The van der Waals surface area contributed by atoms with Crippen LogP contribution in [0.3, 0.4) is 0 Å². The molecule has 0 radical (unpaired) electrons. The highest BCUT2D eigenvalue weighted by Crippen LogP contribution is 2.19. The molecule has 0 spiro atoms. The van der Waals surface area contributed by atoms with Crippen LogP contribution in [0.4, 0.5) is 5.69 Å². The Bertz CT molecular complexity index is 437. The minimum absolute atomic E-state index is 0. The summed E-state index contributed by atoms with van der Waals surface area (Å²) in [5.74, 6) is 0.913. The first kappa shape index (κ1) is 17.8. The Morgan fingerprint density at radius 3 is 3.00 bits per heavy atom. The second-order valence-electron chi connectivity index (χ2n) is 4.90. The molecular formula is C15H23ClN2O3. The Morgan fingerprint density at radius 1 is 1.43 bits per heavy atom. The van der Waals surface area contributed by atoms with E-state index in [2.05, 4.69) is 10.6 Å². The molecule has 0 aliphatic carbocycles. The number of benzene rings is 1. The summed E-state index contributed by atoms with van der Waals surface area (Å²) in [4.78, 5) is 12.0. The van der Waals surface area contributed by atoms with Crippen molar-refractivity contribution in [3.63, 3.8) is 0 Å². The Kier molecular flexibility index (Phi) is 8.12. The number of hydrogen-bond donors (Lipinski definition) is 2. The number of halogens is 1. The summed E-state index contributed by atoms with van der Waals surface area (Å²) in [6.07, 6.45) is 1.75. The minimum atomic E-state index is 0. The predicted octanol–water partition coefficient (Wildman–Crippen LogP) is 2.07. The van der Waals surface area contributed by atoms with Gasteiger partial charge in [-0.1, -0.05) is 6.07 Å². The molecule has 1 aliphatic rings. The summed E-state index contributed by atoms with van der Waals surface area (Å²) in [5, 5.41) is 6.14. The average molecular weight is 315 g/mol. The first-order valence-corrected chi connectivity index (χ1v) is 7.03. The number of carbonyl (C=O) groups excluding carboxylic acids is 1. The lowest BCUT2D eigenvalue weighted by atomic mass is 10.1. The number of carbonyl (C=O) groups is 1. The zero-order valence-corrected chi connectivity index (χ0v) is 13.1. The molecule has 21 heavy (non-hydrogen) atoms. The maximum atomic E-state index is 12.0. The Morgan fingerprint density at radius 2 is 2.29 bits per heavy atom. The lowest BCUT2D eigenvalue weighted by molar-refractivity contribution is -0.119. The van der Waals surface area contributed by atoms with E-state index >= 15 is 0 Å². The molecule has 1 fully saturated rings. The molecular weight excluding hydrogens is 292 g/mol. The van der Waals surface area contributed by atoms with E-state index < -0.39 is 0 Å². The number of hydrogen-bond acceptors (Lipinski definition) is 4. The van der Waals surface area contributed by atoms with Gasteiger partial charge in [0.1, 0.15) is 5.75 Å². The molecule has 118 valence electrons. The van der Waals surface area contributed by atoms with Crippen LogP contribution in [0.25, 0.3) is 0 Å². The van der Waals surface area contributed by atoms with Gasteiger partial charge in [-0.05, 0) is 25.1 Å². The van der Waals surface area contributed by atoms with Crippen LogP contribution in [0.15, 0.2) is 24.3 Å². The molecule has 1 amide bonds. The van der Waals surface area contributed by atoms with E-state index in [-0.39, 0.29) is 24.2 Å². The molecule has 0 saturated carbocycles. The molecule has 1 aromatic rings. The van der Waals surface area contributed by atoms with Crippen LogP contribution in [0, 0.1) is 5.92 Å². The third-order valence-electron chi connectivity index (χ3n) is 3.29. The van der Waals surface area contributed by atoms with Gasteiger partial charge in [-0.25, -0.2) is 0 Å². The van der Waals surface area contributed by atoms with Crippen molar-refractivity contribution >= 4 is 24.0 Å². The molecule has 5 nitrogen and oxygen atoms in total. The first-order chi connectivity index (χ1) is 9.79. The van der Waals surface area contributed by atoms with Crippen molar-refractivity contribution in [2.75, 3.05) is 38.7 Å². The largest absolute Gasteiger partial charge is 0.493 e. The van der Waals surface area contributed by atoms with Gasteiger partial charge in [-0.3, -0.25) is 4.79 Å². The smallest absolute Gasteiger partial charge is 0.228 e. The van der Waals surface area contributed by atoms with Gasteiger partial charge in [0.05, 0.1) is 12.5 Å². The van der Waals surface area contributed by atoms with Crippen molar-refractivity contribution in [1.29, 1.82) is 0 Å². The molecule has 2 rings (SSSR count). The summed E-state index contributed by atoms with van der Waals surface area (Å²) >= 11 is 0. The molecule has 1 unspecified atom stereocenters. The summed E-state index contributed by atoms with van der Waals surface area (Å²) < 4.78 is 10.6. The number of nitrogens with one attached hydrogen (secondary N) is 2. The molecule has 1 heterocycles. The maximum Gasteiger partial charge on any atom is 0.228 e. The van der Waals surface area contributed by atoms with Crippen LogP contribution in [0.1, 0.15) is 12.8 Å². The second kappa shape index (κ2) is 9.60. The minimum Gasteiger partial charge on any atom is -0.493 e. The number of anilines is 1. The molecule has 6 heteroatoms. The van der Waals surface area contributed by atoms with Crippen molar-refractivity contribution in [3.05, 3.63) is 24.3 Å². The molecule has 0 bridgehead atoms. The van der Waals surface area contributed by atoms with Crippen LogP contribution >= 0.6 is 12.4 Å². The van der Waals surface area contributed by atoms with Gasteiger partial charge in [0.15, 0.2) is 0 Å². The van der Waals surface area contributed by atoms with Crippen LogP contribution in [0.2, 0.25) is 0 Å². The standard InChI is InChI=1S/C15H22N2O3.ClH/c1-19-8-3-9-20-14-5-2-4-13(10-14)17-15(18)12-6-7-16-11-12;/h2,4-5,10,12,16H,3,6-9,11H2,1H3,(H,17,18);1H. The summed E-state index contributed by atoms with van der Waals surface area (Å²) in [6, 6.07) is 7.50. The van der Waals surface area contributed by atoms with E-state index in [1.165, 1.54) is 0 Å². The van der Waals surface area contributed by atoms with Crippen LogP contribution in [-0.4, -0.2) is 39.3 Å². The van der Waals surface area contributed by atoms with Gasteiger partial charge in [-0.15, -0.1) is 12.4 Å². The van der Waals surface area contributed by atoms with Crippen molar-refractivity contribution in [2.24, 2.45) is 5.92 Å². The van der Waals surface area contributed by atoms with Crippen molar-refractivity contribution in [1.82, 2.24) is 5.32 Å². The Balaban J connectivity index is 0.00000220. The van der Waals surface area contributed by atoms with Gasteiger partial charge in [0, 0.05) is 38.4 Å². The quantitative estimate of drug-likeness (QED) is 0.757. The molecule has 1 saturated heterocycles. The maximum absolute atomic E-state index is 12.0.